The maximum Gasteiger partial charge on any atom is 0.244 e. The minimum atomic E-state index is -3.79. The number of anilines is 1. The molecular formula is C26H37N3O5S. The predicted octanol–water partition coefficient (Wildman–Crippen LogP) is 3.49. The summed E-state index contributed by atoms with van der Waals surface area (Å²) in [5.74, 6) is -0.226. The number of sulfonamides is 1. The third-order valence-corrected chi connectivity index (χ3v) is 6.98. The molecule has 0 spiro atoms. The first-order valence-corrected chi connectivity index (χ1v) is 13.7. The highest BCUT2D eigenvalue weighted by molar-refractivity contribution is 7.92. The maximum absolute atomic E-state index is 13.7. The molecule has 9 heteroatoms. The molecule has 0 radical (unpaired) electrons. The zero-order chi connectivity index (χ0) is 26.0. The van der Waals surface area contributed by atoms with Crippen molar-refractivity contribution in [2.45, 2.75) is 52.6 Å². The Balaban J connectivity index is 2.43. The first-order chi connectivity index (χ1) is 16.6. The van der Waals surface area contributed by atoms with Gasteiger partial charge in [-0.15, -0.1) is 0 Å². The van der Waals surface area contributed by atoms with Gasteiger partial charge in [-0.25, -0.2) is 8.42 Å². The standard InChI is InChI=1S/C26H37N3O5S/c1-6-8-16-27-26(31)24(7-2)28(18-21-13-10-9-12-20(21)3)25(30)19-29(35(5,32)33)22-14-11-15-23(17-22)34-4/h9-15,17,24H,6-8,16,18-19H2,1-5H3,(H,27,31)/t24-/m1/s1. The quantitative estimate of drug-likeness (QED) is 0.422. The molecule has 192 valence electrons. The Morgan fingerprint density at radius 2 is 1.80 bits per heavy atom. The molecule has 0 fully saturated rings. The minimum Gasteiger partial charge on any atom is -0.497 e. The molecule has 0 saturated heterocycles. The Labute approximate surface area is 209 Å². The molecule has 0 aliphatic heterocycles. The molecule has 0 aliphatic carbocycles. The number of unbranched alkanes of at least 4 members (excludes halogenated alkanes) is 1. The molecule has 2 aromatic carbocycles. The van der Waals surface area contributed by atoms with E-state index in [9.17, 15) is 18.0 Å². The molecule has 0 unspecified atom stereocenters. The first kappa shape index (κ1) is 28.2. The summed E-state index contributed by atoms with van der Waals surface area (Å²) in [6, 6.07) is 13.5. The number of hydrogen-bond donors (Lipinski definition) is 1. The average Bonchev–Trinajstić information content (AvgIpc) is 2.82. The van der Waals surface area contributed by atoms with Gasteiger partial charge < -0.3 is 15.0 Å². The molecule has 2 rings (SSSR count). The molecule has 2 amide bonds. The van der Waals surface area contributed by atoms with Crippen molar-refractivity contribution in [3.63, 3.8) is 0 Å². The number of carbonyl (C=O) groups is 2. The van der Waals surface area contributed by atoms with Crippen LogP contribution in [-0.2, 0) is 26.2 Å². The summed E-state index contributed by atoms with van der Waals surface area (Å²) in [5.41, 5.74) is 2.20. The van der Waals surface area contributed by atoms with Crippen LogP contribution in [0, 0.1) is 6.92 Å². The lowest BCUT2D eigenvalue weighted by Gasteiger charge is -2.33. The van der Waals surface area contributed by atoms with Gasteiger partial charge in [0, 0.05) is 19.2 Å². The van der Waals surface area contributed by atoms with E-state index < -0.39 is 28.5 Å². The second-order valence-corrected chi connectivity index (χ2v) is 10.4. The van der Waals surface area contributed by atoms with Crippen LogP contribution >= 0.6 is 0 Å². The fourth-order valence-electron chi connectivity index (χ4n) is 3.78. The lowest BCUT2D eigenvalue weighted by atomic mass is 10.1. The van der Waals surface area contributed by atoms with Gasteiger partial charge in [0.25, 0.3) is 0 Å². The Kier molecular flexibility index (Phi) is 10.6. The number of aryl methyl sites for hydroxylation is 1. The third kappa shape index (κ3) is 7.99. The van der Waals surface area contributed by atoms with Crippen molar-refractivity contribution in [2.75, 3.05) is 30.8 Å². The number of carbonyl (C=O) groups excluding carboxylic acids is 2. The minimum absolute atomic E-state index is 0.195. The summed E-state index contributed by atoms with van der Waals surface area (Å²) in [7, 11) is -2.30. The Hall–Kier alpha value is -3.07. The van der Waals surface area contributed by atoms with Gasteiger partial charge in [0.1, 0.15) is 18.3 Å². The third-order valence-electron chi connectivity index (χ3n) is 5.84. The molecule has 0 saturated carbocycles. The summed E-state index contributed by atoms with van der Waals surface area (Å²) in [6.07, 6.45) is 3.23. The Morgan fingerprint density at radius 3 is 2.40 bits per heavy atom. The van der Waals surface area contributed by atoms with Gasteiger partial charge in [0.15, 0.2) is 0 Å². The Morgan fingerprint density at radius 1 is 1.09 bits per heavy atom. The van der Waals surface area contributed by atoms with Gasteiger partial charge in [0.2, 0.25) is 21.8 Å². The van der Waals surface area contributed by atoms with Crippen LogP contribution in [0.5, 0.6) is 5.75 Å². The van der Waals surface area contributed by atoms with Gasteiger partial charge in [0.05, 0.1) is 19.1 Å². The van der Waals surface area contributed by atoms with Crippen molar-refractivity contribution >= 4 is 27.5 Å². The number of amides is 2. The van der Waals surface area contributed by atoms with Crippen LogP contribution < -0.4 is 14.4 Å². The highest BCUT2D eigenvalue weighted by atomic mass is 32.2. The summed E-state index contributed by atoms with van der Waals surface area (Å²) < 4.78 is 31.6. The highest BCUT2D eigenvalue weighted by Crippen LogP contribution is 2.24. The van der Waals surface area contributed by atoms with E-state index in [2.05, 4.69) is 5.32 Å². The maximum atomic E-state index is 13.7. The number of benzene rings is 2. The lowest BCUT2D eigenvalue weighted by molar-refractivity contribution is -0.140. The SMILES string of the molecule is CCCCNC(=O)[C@@H](CC)N(Cc1ccccc1C)C(=O)CN(c1cccc(OC)c1)S(C)(=O)=O. The van der Waals surface area contributed by atoms with Crippen LogP contribution in [0.3, 0.4) is 0 Å². The average molecular weight is 504 g/mol. The number of rotatable bonds is 13. The van der Waals surface area contributed by atoms with Crippen LogP contribution in [0.1, 0.15) is 44.2 Å². The number of hydrogen-bond acceptors (Lipinski definition) is 5. The van der Waals surface area contributed by atoms with Crippen molar-refractivity contribution in [1.29, 1.82) is 0 Å². The van der Waals surface area contributed by atoms with Crippen LogP contribution in [0.15, 0.2) is 48.5 Å². The summed E-state index contributed by atoms with van der Waals surface area (Å²) >= 11 is 0. The molecule has 35 heavy (non-hydrogen) atoms. The van der Waals surface area contributed by atoms with E-state index in [1.54, 1.807) is 24.3 Å². The van der Waals surface area contributed by atoms with Gasteiger partial charge in [-0.1, -0.05) is 50.6 Å². The van der Waals surface area contributed by atoms with E-state index in [0.29, 0.717) is 24.4 Å². The van der Waals surface area contributed by atoms with Gasteiger partial charge >= 0.3 is 0 Å². The summed E-state index contributed by atoms with van der Waals surface area (Å²) in [6.45, 7) is 6.11. The molecule has 1 N–H and O–H groups in total. The zero-order valence-electron chi connectivity index (χ0n) is 21.3. The smallest absolute Gasteiger partial charge is 0.244 e. The van der Waals surface area contributed by atoms with Crippen molar-refractivity contribution in [3.8, 4) is 5.75 Å². The predicted molar refractivity (Wildman–Crippen MR) is 139 cm³/mol. The number of methoxy groups -OCH3 is 1. The van der Waals surface area contributed by atoms with E-state index >= 15 is 0 Å². The molecule has 2 aromatic rings. The zero-order valence-corrected chi connectivity index (χ0v) is 22.1. The van der Waals surface area contributed by atoms with E-state index in [-0.39, 0.29) is 12.5 Å². The van der Waals surface area contributed by atoms with E-state index in [0.717, 1.165) is 34.5 Å². The fourth-order valence-corrected chi connectivity index (χ4v) is 4.62. The second-order valence-electron chi connectivity index (χ2n) is 8.49. The normalized spacial score (nSPS) is 12.0. The van der Waals surface area contributed by atoms with Crippen molar-refractivity contribution in [1.82, 2.24) is 10.2 Å². The number of nitrogens with one attached hydrogen (secondary N) is 1. The van der Waals surface area contributed by atoms with Crippen LogP contribution in [0.25, 0.3) is 0 Å². The van der Waals surface area contributed by atoms with Crippen molar-refractivity contribution in [2.24, 2.45) is 0 Å². The molecule has 1 atom stereocenters. The van der Waals surface area contributed by atoms with Crippen LogP contribution in [0.2, 0.25) is 0 Å². The second kappa shape index (κ2) is 13.1. The number of ether oxygens (including phenoxy) is 1. The highest BCUT2D eigenvalue weighted by Gasteiger charge is 2.32. The molecule has 0 aliphatic rings. The largest absolute Gasteiger partial charge is 0.497 e. The van der Waals surface area contributed by atoms with E-state index in [1.807, 2.05) is 45.0 Å². The van der Waals surface area contributed by atoms with Gasteiger partial charge in [-0.3, -0.25) is 13.9 Å². The fraction of sp³-hybridized carbons (Fsp3) is 0.462. The molecule has 0 heterocycles. The lowest BCUT2D eigenvalue weighted by Crippen LogP contribution is -2.52. The summed E-state index contributed by atoms with van der Waals surface area (Å²) in [5, 5.41) is 2.92. The molecule has 0 bridgehead atoms. The monoisotopic (exact) mass is 503 g/mol. The Bertz CT molecular complexity index is 1100. The molecule has 8 nitrogen and oxygen atoms in total. The van der Waals surface area contributed by atoms with Crippen molar-refractivity contribution < 1.29 is 22.7 Å². The summed E-state index contributed by atoms with van der Waals surface area (Å²) in [4.78, 5) is 28.2. The van der Waals surface area contributed by atoms with E-state index in [4.69, 9.17) is 4.74 Å². The van der Waals surface area contributed by atoms with Crippen LogP contribution in [0.4, 0.5) is 5.69 Å². The number of nitrogens with zero attached hydrogens (tertiary/aromatic N) is 2. The van der Waals surface area contributed by atoms with Crippen LogP contribution in [-0.4, -0.2) is 57.6 Å². The topological polar surface area (TPSA) is 96.0 Å². The first-order valence-electron chi connectivity index (χ1n) is 11.9. The van der Waals surface area contributed by atoms with Gasteiger partial charge in [-0.05, 0) is 43.0 Å². The molecule has 0 aromatic heterocycles. The molecular weight excluding hydrogens is 466 g/mol. The van der Waals surface area contributed by atoms with Gasteiger partial charge in [-0.2, -0.15) is 0 Å². The van der Waals surface area contributed by atoms with Crippen molar-refractivity contribution in [3.05, 3.63) is 59.7 Å². The van der Waals surface area contributed by atoms with E-state index in [1.165, 1.54) is 12.0 Å².